The fourth-order valence-corrected chi connectivity index (χ4v) is 3.95. The number of aromatic nitrogens is 6. The Bertz CT molecular complexity index is 1770. The molecule has 6 rings (SSSR count). The van der Waals surface area contributed by atoms with Gasteiger partial charge in [-0.15, -0.1) is 0 Å². The number of nitrogens with zero attached hydrogens (tertiary/aromatic N) is 5. The van der Waals surface area contributed by atoms with E-state index in [0.29, 0.717) is 29.0 Å². The number of hydrogen-bond acceptors (Lipinski definition) is 7. The third kappa shape index (κ3) is 4.33. The number of imidazole rings is 1. The van der Waals surface area contributed by atoms with Gasteiger partial charge in [-0.1, -0.05) is 36.4 Å². The van der Waals surface area contributed by atoms with Crippen LogP contribution in [0.1, 0.15) is 24.1 Å². The van der Waals surface area contributed by atoms with Crippen molar-refractivity contribution in [2.75, 3.05) is 5.32 Å². The molecular formula is C25H21FN8O2. The maximum Gasteiger partial charge on any atom is 0.326 e. The van der Waals surface area contributed by atoms with Crippen molar-refractivity contribution in [1.29, 1.82) is 0 Å². The molecule has 5 aromatic rings. The summed E-state index contributed by atoms with van der Waals surface area (Å²) in [5.41, 5.74) is 3.20. The number of aromatic hydroxyl groups is 1. The van der Waals surface area contributed by atoms with Crippen LogP contribution in [0.2, 0.25) is 0 Å². The monoisotopic (exact) mass is 484 g/mol. The van der Waals surface area contributed by atoms with Crippen molar-refractivity contribution in [3.05, 3.63) is 93.1 Å². The summed E-state index contributed by atoms with van der Waals surface area (Å²) in [6.07, 6.45) is 5.14. The van der Waals surface area contributed by atoms with Crippen molar-refractivity contribution >= 4 is 17.7 Å². The highest BCUT2D eigenvalue weighted by molar-refractivity contribution is 5.67. The Morgan fingerprint density at radius 3 is 2.81 bits per heavy atom. The van der Waals surface area contributed by atoms with Crippen LogP contribution in [0.4, 0.5) is 10.3 Å². The molecule has 11 heteroatoms. The molecule has 0 amide bonds. The van der Waals surface area contributed by atoms with Gasteiger partial charge in [0.15, 0.2) is 5.65 Å². The lowest BCUT2D eigenvalue weighted by molar-refractivity contribution is 0.454. The number of halogens is 1. The summed E-state index contributed by atoms with van der Waals surface area (Å²) in [4.78, 5) is 30.2. The van der Waals surface area contributed by atoms with Gasteiger partial charge in [0.2, 0.25) is 11.8 Å². The maximum absolute atomic E-state index is 13.8. The second-order valence-corrected chi connectivity index (χ2v) is 8.55. The fourth-order valence-electron chi connectivity index (χ4n) is 3.95. The lowest BCUT2D eigenvalue weighted by Crippen LogP contribution is -2.24. The molecule has 0 saturated heterocycles. The van der Waals surface area contributed by atoms with Crippen LogP contribution in [0, 0.1) is 5.82 Å². The van der Waals surface area contributed by atoms with Gasteiger partial charge < -0.3 is 15.4 Å². The predicted molar refractivity (Wildman–Crippen MR) is 130 cm³/mol. The molecule has 180 valence electrons. The quantitative estimate of drug-likeness (QED) is 0.291. The largest absolute Gasteiger partial charge is 0.493 e. The molecule has 1 fully saturated rings. The molecule has 3 aromatic heterocycles. The molecule has 0 atom stereocenters. The number of hydrogen-bond donors (Lipinski definition) is 4. The fraction of sp³-hybridized carbons (Fsp3) is 0.160. The molecule has 0 unspecified atom stereocenters. The smallest absolute Gasteiger partial charge is 0.326 e. The Hall–Kier alpha value is -4.80. The first-order valence-corrected chi connectivity index (χ1v) is 11.4. The van der Waals surface area contributed by atoms with E-state index in [-0.39, 0.29) is 23.4 Å². The van der Waals surface area contributed by atoms with Crippen LogP contribution < -0.4 is 21.8 Å². The Balaban J connectivity index is 1.40. The van der Waals surface area contributed by atoms with Crippen molar-refractivity contribution in [1.82, 2.24) is 29.5 Å². The van der Waals surface area contributed by atoms with E-state index in [1.807, 2.05) is 30.3 Å². The van der Waals surface area contributed by atoms with Gasteiger partial charge in [0.1, 0.15) is 11.5 Å². The molecule has 0 spiro atoms. The Morgan fingerprint density at radius 1 is 1.17 bits per heavy atom. The number of rotatable bonds is 6. The second-order valence-electron chi connectivity index (χ2n) is 8.55. The van der Waals surface area contributed by atoms with E-state index in [9.17, 15) is 14.3 Å². The van der Waals surface area contributed by atoms with Gasteiger partial charge in [0.05, 0.1) is 12.2 Å². The third-order valence-corrected chi connectivity index (χ3v) is 5.85. The van der Waals surface area contributed by atoms with Crippen molar-refractivity contribution in [2.24, 2.45) is 4.99 Å². The summed E-state index contributed by atoms with van der Waals surface area (Å²) in [5.74, 6) is -0.226. The van der Waals surface area contributed by atoms with E-state index in [4.69, 9.17) is 0 Å². The molecular weight excluding hydrogens is 463 g/mol. The zero-order valence-corrected chi connectivity index (χ0v) is 18.9. The summed E-state index contributed by atoms with van der Waals surface area (Å²) in [7, 11) is 0. The first-order valence-electron chi connectivity index (χ1n) is 11.4. The summed E-state index contributed by atoms with van der Waals surface area (Å²) >= 11 is 0. The predicted octanol–water partition coefficient (Wildman–Crippen LogP) is 1.88. The number of anilines is 1. The van der Waals surface area contributed by atoms with Crippen LogP contribution in [-0.2, 0) is 6.54 Å². The lowest BCUT2D eigenvalue weighted by atomic mass is 9.99. The SMILES string of the molecule is O=c1[nH]c(O)c(C=c2cnn3c(=NC4CC4)nc(NCc4ccccc4-c4cccc(F)c4)nc23)[nH]1. The number of H-pyrrole nitrogens is 2. The van der Waals surface area contributed by atoms with Crippen LogP contribution in [0.15, 0.2) is 64.5 Å². The summed E-state index contributed by atoms with van der Waals surface area (Å²) < 4.78 is 15.4. The molecule has 4 N–H and O–H groups in total. The average molecular weight is 484 g/mol. The molecule has 3 heterocycles. The summed E-state index contributed by atoms with van der Waals surface area (Å²) in [6.45, 7) is 0.394. The zero-order valence-electron chi connectivity index (χ0n) is 18.9. The highest BCUT2D eigenvalue weighted by Crippen LogP contribution is 2.25. The van der Waals surface area contributed by atoms with Gasteiger partial charge >= 0.3 is 5.69 Å². The van der Waals surface area contributed by atoms with Gasteiger partial charge in [0, 0.05) is 11.8 Å². The maximum atomic E-state index is 13.8. The summed E-state index contributed by atoms with van der Waals surface area (Å²) in [5, 5.41) is 18.2. The molecule has 1 aliphatic rings. The molecule has 0 aliphatic heterocycles. The Morgan fingerprint density at radius 2 is 2.03 bits per heavy atom. The lowest BCUT2D eigenvalue weighted by Gasteiger charge is -2.11. The molecule has 0 bridgehead atoms. The molecule has 36 heavy (non-hydrogen) atoms. The van der Waals surface area contributed by atoms with Gasteiger partial charge in [-0.25, -0.2) is 14.2 Å². The van der Waals surface area contributed by atoms with Crippen molar-refractivity contribution < 1.29 is 9.50 Å². The Kier molecular flexibility index (Phi) is 5.29. The molecule has 10 nitrogen and oxygen atoms in total. The van der Waals surface area contributed by atoms with Gasteiger partial charge in [-0.2, -0.15) is 19.6 Å². The van der Waals surface area contributed by atoms with Crippen LogP contribution in [0.25, 0.3) is 22.9 Å². The highest BCUT2D eigenvalue weighted by Gasteiger charge is 2.21. The first kappa shape index (κ1) is 21.7. The van der Waals surface area contributed by atoms with Crippen molar-refractivity contribution in [3.8, 4) is 17.0 Å². The van der Waals surface area contributed by atoms with Crippen LogP contribution in [0.5, 0.6) is 5.88 Å². The van der Waals surface area contributed by atoms with E-state index in [1.54, 1.807) is 18.3 Å². The standard InChI is InChI=1S/C25H21FN8O2/c26-17-6-3-5-14(10-17)19-7-2-1-4-15(19)12-27-23-31-21-16(11-20-22(35)32-25(36)30-20)13-28-34(21)24(33-23)29-18-8-9-18/h1-7,10-11,13,18,35H,8-9,12H2,(H,27,29,33)(H2,30,32,36). The zero-order chi connectivity index (χ0) is 24.6. The van der Waals surface area contributed by atoms with Gasteiger partial charge in [-0.05, 0) is 47.7 Å². The second kappa shape index (κ2) is 8.77. The minimum absolute atomic E-state index is 0.200. The van der Waals surface area contributed by atoms with Crippen molar-refractivity contribution in [2.45, 2.75) is 25.4 Å². The third-order valence-electron chi connectivity index (χ3n) is 5.85. The van der Waals surface area contributed by atoms with E-state index in [1.165, 1.54) is 16.6 Å². The number of fused-ring (bicyclic) bond motifs is 1. The minimum atomic E-state index is -0.520. The van der Waals surface area contributed by atoms with Gasteiger partial charge in [0.25, 0.3) is 5.62 Å². The normalized spacial score (nSPS) is 14.6. The summed E-state index contributed by atoms with van der Waals surface area (Å²) in [6, 6.07) is 14.4. The molecule has 1 aliphatic carbocycles. The van der Waals surface area contributed by atoms with E-state index >= 15 is 0 Å². The molecule has 0 radical (unpaired) electrons. The number of benzene rings is 2. The van der Waals surface area contributed by atoms with E-state index in [0.717, 1.165) is 29.5 Å². The van der Waals surface area contributed by atoms with Crippen LogP contribution >= 0.6 is 0 Å². The molecule has 2 aromatic carbocycles. The number of aromatic amines is 2. The average Bonchev–Trinajstić information content (AvgIpc) is 3.51. The Labute approximate surface area is 202 Å². The van der Waals surface area contributed by atoms with E-state index in [2.05, 4.69) is 35.3 Å². The first-order chi connectivity index (χ1) is 17.5. The van der Waals surface area contributed by atoms with Crippen LogP contribution in [0.3, 0.4) is 0 Å². The van der Waals surface area contributed by atoms with Crippen LogP contribution in [-0.4, -0.2) is 40.7 Å². The van der Waals surface area contributed by atoms with Gasteiger partial charge in [-0.3, -0.25) is 4.98 Å². The minimum Gasteiger partial charge on any atom is -0.493 e. The van der Waals surface area contributed by atoms with Crippen molar-refractivity contribution in [3.63, 3.8) is 0 Å². The van der Waals surface area contributed by atoms with E-state index < -0.39 is 5.69 Å². The molecule has 1 saturated carbocycles. The highest BCUT2D eigenvalue weighted by atomic mass is 19.1. The number of nitrogens with one attached hydrogen (secondary N) is 3. The topological polar surface area (TPSA) is 136 Å².